The molecule has 0 spiro atoms. The SMILES string of the molecule is CCn1nc(C)cc1-c1nn2c(-c3cc(Cl)ccc3Cl)nnc2s1. The van der Waals surface area contributed by atoms with Gasteiger partial charge in [0.05, 0.1) is 16.4 Å². The fourth-order valence-electron chi connectivity index (χ4n) is 2.52. The number of nitrogens with zero attached hydrogens (tertiary/aromatic N) is 6. The Morgan fingerprint density at radius 1 is 1.12 bits per heavy atom. The second-order valence-corrected chi connectivity index (χ2v) is 7.04. The van der Waals surface area contributed by atoms with Gasteiger partial charge in [0.2, 0.25) is 4.96 Å². The molecule has 0 saturated heterocycles. The van der Waals surface area contributed by atoms with Crippen molar-refractivity contribution >= 4 is 39.5 Å². The van der Waals surface area contributed by atoms with Gasteiger partial charge in [0.25, 0.3) is 0 Å². The summed E-state index contributed by atoms with van der Waals surface area (Å²) >= 11 is 13.8. The van der Waals surface area contributed by atoms with Crippen LogP contribution in [0.15, 0.2) is 24.3 Å². The summed E-state index contributed by atoms with van der Waals surface area (Å²) in [6.45, 7) is 4.79. The van der Waals surface area contributed by atoms with Crippen LogP contribution in [0.5, 0.6) is 0 Å². The smallest absolute Gasteiger partial charge is 0.235 e. The van der Waals surface area contributed by atoms with Crippen LogP contribution in [0.25, 0.3) is 27.1 Å². The number of aromatic nitrogens is 6. The molecule has 9 heteroatoms. The molecule has 0 bridgehead atoms. The van der Waals surface area contributed by atoms with Crippen molar-refractivity contribution < 1.29 is 0 Å². The maximum atomic E-state index is 6.28. The third kappa shape index (κ3) is 2.49. The maximum Gasteiger partial charge on any atom is 0.235 e. The summed E-state index contributed by atoms with van der Waals surface area (Å²) in [5.41, 5.74) is 2.62. The van der Waals surface area contributed by atoms with E-state index in [1.807, 2.05) is 24.6 Å². The van der Waals surface area contributed by atoms with Crippen molar-refractivity contribution in [2.45, 2.75) is 20.4 Å². The molecule has 3 heterocycles. The van der Waals surface area contributed by atoms with Gasteiger partial charge in [-0.15, -0.1) is 10.2 Å². The van der Waals surface area contributed by atoms with Crippen LogP contribution < -0.4 is 0 Å². The molecular formula is C15H12Cl2N6S. The van der Waals surface area contributed by atoms with Crippen LogP contribution in [0.2, 0.25) is 10.0 Å². The molecule has 0 unspecified atom stereocenters. The van der Waals surface area contributed by atoms with E-state index in [9.17, 15) is 0 Å². The molecule has 0 saturated carbocycles. The molecule has 0 atom stereocenters. The van der Waals surface area contributed by atoms with Crippen molar-refractivity contribution in [1.82, 2.24) is 29.6 Å². The molecule has 0 aliphatic heterocycles. The molecule has 0 N–H and O–H groups in total. The summed E-state index contributed by atoms with van der Waals surface area (Å²) in [4.78, 5) is 0.692. The van der Waals surface area contributed by atoms with E-state index in [0.717, 1.165) is 22.9 Å². The Hall–Kier alpha value is -1.96. The third-order valence-corrected chi connectivity index (χ3v) is 5.07. The van der Waals surface area contributed by atoms with Crippen LogP contribution in [0, 0.1) is 6.92 Å². The van der Waals surface area contributed by atoms with Crippen molar-refractivity contribution in [2.75, 3.05) is 0 Å². The van der Waals surface area contributed by atoms with Gasteiger partial charge in [-0.2, -0.15) is 14.7 Å². The van der Waals surface area contributed by atoms with Gasteiger partial charge in [0.1, 0.15) is 0 Å². The Kier molecular flexibility index (Phi) is 3.79. The monoisotopic (exact) mass is 378 g/mol. The normalized spacial score (nSPS) is 11.5. The van der Waals surface area contributed by atoms with Crippen LogP contribution >= 0.6 is 34.5 Å². The van der Waals surface area contributed by atoms with Gasteiger partial charge in [-0.05, 0) is 38.1 Å². The van der Waals surface area contributed by atoms with Crippen LogP contribution in [-0.4, -0.2) is 29.6 Å². The summed E-state index contributed by atoms with van der Waals surface area (Å²) in [7, 11) is 0. The Labute approximate surface area is 151 Å². The molecule has 1 aromatic carbocycles. The van der Waals surface area contributed by atoms with E-state index < -0.39 is 0 Å². The van der Waals surface area contributed by atoms with Gasteiger partial charge in [-0.3, -0.25) is 4.68 Å². The van der Waals surface area contributed by atoms with Gasteiger partial charge < -0.3 is 0 Å². The lowest BCUT2D eigenvalue weighted by molar-refractivity contribution is 0.659. The van der Waals surface area contributed by atoms with Crippen LogP contribution in [-0.2, 0) is 6.54 Å². The fraction of sp³-hybridized carbons (Fsp3) is 0.200. The van der Waals surface area contributed by atoms with Crippen molar-refractivity contribution in [3.8, 4) is 22.1 Å². The molecule has 0 aliphatic carbocycles. The second kappa shape index (κ2) is 5.84. The lowest BCUT2D eigenvalue weighted by Gasteiger charge is -2.02. The Bertz CT molecular complexity index is 1050. The molecule has 24 heavy (non-hydrogen) atoms. The number of hydrogen-bond acceptors (Lipinski definition) is 5. The van der Waals surface area contributed by atoms with E-state index in [2.05, 4.69) is 20.4 Å². The molecule has 4 rings (SSSR count). The molecule has 0 radical (unpaired) electrons. The van der Waals surface area contributed by atoms with E-state index in [0.29, 0.717) is 26.4 Å². The standard InChI is InChI=1S/C15H12Cl2N6S/c1-3-22-12(6-8(2)20-22)14-21-23-13(18-19-15(23)24-14)10-7-9(16)4-5-11(10)17/h4-7H,3H2,1-2H3. The zero-order valence-electron chi connectivity index (χ0n) is 12.9. The van der Waals surface area contributed by atoms with Crippen molar-refractivity contribution in [2.24, 2.45) is 0 Å². The van der Waals surface area contributed by atoms with Crippen LogP contribution in [0.1, 0.15) is 12.6 Å². The first-order valence-corrected chi connectivity index (χ1v) is 8.86. The van der Waals surface area contributed by atoms with Crippen LogP contribution in [0.4, 0.5) is 0 Å². The first-order chi connectivity index (χ1) is 11.6. The fourth-order valence-corrected chi connectivity index (χ4v) is 3.75. The average Bonchev–Trinajstić information content (AvgIpc) is 3.22. The largest absolute Gasteiger partial charge is 0.262 e. The number of hydrogen-bond donors (Lipinski definition) is 0. The minimum absolute atomic E-state index is 0.553. The molecule has 3 aromatic heterocycles. The van der Waals surface area contributed by atoms with Crippen LogP contribution in [0.3, 0.4) is 0 Å². The number of halogens is 2. The predicted octanol–water partition coefficient (Wildman–Crippen LogP) is 4.35. The zero-order chi connectivity index (χ0) is 16.8. The minimum Gasteiger partial charge on any atom is -0.262 e. The zero-order valence-corrected chi connectivity index (χ0v) is 15.2. The number of rotatable bonds is 3. The topological polar surface area (TPSA) is 60.9 Å². The lowest BCUT2D eigenvalue weighted by atomic mass is 10.2. The number of fused-ring (bicyclic) bond motifs is 1. The highest BCUT2D eigenvalue weighted by atomic mass is 35.5. The molecule has 0 fully saturated rings. The summed E-state index contributed by atoms with van der Waals surface area (Å²) in [5, 5.41) is 19.5. The number of aryl methyl sites for hydroxylation is 2. The van der Waals surface area contributed by atoms with Crippen molar-refractivity contribution in [3.05, 3.63) is 40.0 Å². The Morgan fingerprint density at radius 2 is 1.96 bits per heavy atom. The van der Waals surface area contributed by atoms with Gasteiger partial charge in [-0.25, -0.2) is 0 Å². The summed E-state index contributed by atoms with van der Waals surface area (Å²) in [6, 6.07) is 7.25. The van der Waals surface area contributed by atoms with E-state index in [1.54, 1.807) is 22.7 Å². The van der Waals surface area contributed by atoms with E-state index in [4.69, 9.17) is 23.2 Å². The van der Waals surface area contributed by atoms with Crippen molar-refractivity contribution in [1.29, 1.82) is 0 Å². The number of benzene rings is 1. The third-order valence-electron chi connectivity index (χ3n) is 3.58. The highest BCUT2D eigenvalue weighted by molar-refractivity contribution is 7.19. The summed E-state index contributed by atoms with van der Waals surface area (Å²) in [6.07, 6.45) is 0. The Morgan fingerprint density at radius 3 is 2.75 bits per heavy atom. The summed E-state index contributed by atoms with van der Waals surface area (Å²) < 4.78 is 3.62. The molecule has 0 amide bonds. The highest BCUT2D eigenvalue weighted by Crippen LogP contribution is 2.32. The maximum absolute atomic E-state index is 6.28. The average molecular weight is 379 g/mol. The van der Waals surface area contributed by atoms with Crippen molar-refractivity contribution in [3.63, 3.8) is 0 Å². The van der Waals surface area contributed by atoms with E-state index >= 15 is 0 Å². The molecular weight excluding hydrogens is 367 g/mol. The van der Waals surface area contributed by atoms with Gasteiger partial charge >= 0.3 is 0 Å². The molecule has 0 aliphatic rings. The summed E-state index contributed by atoms with van der Waals surface area (Å²) in [5.74, 6) is 0.569. The lowest BCUT2D eigenvalue weighted by Crippen LogP contribution is -1.99. The second-order valence-electron chi connectivity index (χ2n) is 5.24. The van der Waals surface area contributed by atoms with Gasteiger partial charge in [0, 0.05) is 17.1 Å². The minimum atomic E-state index is 0.553. The molecule has 6 nitrogen and oxygen atoms in total. The quantitative estimate of drug-likeness (QED) is 0.531. The highest BCUT2D eigenvalue weighted by Gasteiger charge is 2.18. The first kappa shape index (κ1) is 15.6. The molecule has 4 aromatic rings. The Balaban J connectivity index is 1.89. The van der Waals surface area contributed by atoms with E-state index in [-0.39, 0.29) is 0 Å². The van der Waals surface area contributed by atoms with E-state index in [1.165, 1.54) is 11.3 Å². The first-order valence-electron chi connectivity index (χ1n) is 7.29. The van der Waals surface area contributed by atoms with Gasteiger partial charge in [0.15, 0.2) is 10.8 Å². The predicted molar refractivity (Wildman–Crippen MR) is 95.7 cm³/mol. The van der Waals surface area contributed by atoms with Gasteiger partial charge in [-0.1, -0.05) is 34.5 Å². The molecule has 122 valence electrons.